The van der Waals surface area contributed by atoms with Crippen LogP contribution in [0, 0.1) is 0 Å². The Hall–Kier alpha value is -1.85. The van der Waals surface area contributed by atoms with Gasteiger partial charge in [-0.3, -0.25) is 0 Å². The SMILES string of the molecule is C=CCCCCCCCCCOc1ccc(C2(C(F)(F)F)N=N2)cc1. The lowest BCUT2D eigenvalue weighted by Crippen LogP contribution is -2.29. The molecule has 0 N–H and O–H groups in total. The van der Waals surface area contributed by atoms with Crippen molar-refractivity contribution in [2.24, 2.45) is 10.2 Å². The topological polar surface area (TPSA) is 34.0 Å². The fraction of sp³-hybridized carbons (Fsp3) is 0.579. The van der Waals surface area contributed by atoms with Crippen LogP contribution in [0.25, 0.3) is 0 Å². The van der Waals surface area contributed by atoms with Gasteiger partial charge in [0.1, 0.15) is 5.75 Å². The van der Waals surface area contributed by atoms with Gasteiger partial charge >= 0.3 is 11.8 Å². The van der Waals surface area contributed by atoms with Gasteiger partial charge in [0.25, 0.3) is 0 Å². The van der Waals surface area contributed by atoms with E-state index in [1.165, 1.54) is 44.2 Å². The zero-order valence-corrected chi connectivity index (χ0v) is 14.4. The van der Waals surface area contributed by atoms with Crippen molar-refractivity contribution < 1.29 is 17.9 Å². The Balaban J connectivity index is 1.59. The molecule has 2 rings (SSSR count). The first-order chi connectivity index (χ1) is 12.0. The minimum atomic E-state index is -4.49. The van der Waals surface area contributed by atoms with Gasteiger partial charge in [0, 0.05) is 5.56 Å². The van der Waals surface area contributed by atoms with E-state index in [0.29, 0.717) is 12.4 Å². The van der Waals surface area contributed by atoms with Crippen LogP contribution < -0.4 is 4.74 Å². The normalized spacial score (nSPS) is 15.2. The standard InChI is InChI=1S/C19H25F3N2O/c1-2-3-4-5-6-7-8-9-10-15-25-17-13-11-16(12-14-17)18(23-24-18)19(20,21)22/h2,11-14H,1,3-10,15H2. The zero-order valence-electron chi connectivity index (χ0n) is 14.4. The summed E-state index contributed by atoms with van der Waals surface area (Å²) in [4.78, 5) is 0. The van der Waals surface area contributed by atoms with Crippen LogP contribution in [0.5, 0.6) is 5.75 Å². The molecule has 6 heteroatoms. The van der Waals surface area contributed by atoms with Crippen molar-refractivity contribution in [3.05, 3.63) is 42.5 Å². The monoisotopic (exact) mass is 354 g/mol. The third kappa shape index (κ3) is 5.58. The van der Waals surface area contributed by atoms with Gasteiger partial charge in [-0.25, -0.2) is 0 Å². The molecule has 3 nitrogen and oxygen atoms in total. The molecule has 0 unspecified atom stereocenters. The molecule has 0 atom stereocenters. The fourth-order valence-corrected chi connectivity index (χ4v) is 2.69. The Bertz CT molecular complexity index is 561. The summed E-state index contributed by atoms with van der Waals surface area (Å²) < 4.78 is 44.3. The van der Waals surface area contributed by atoms with E-state index in [4.69, 9.17) is 4.74 Å². The first-order valence-corrected chi connectivity index (χ1v) is 8.84. The van der Waals surface area contributed by atoms with E-state index < -0.39 is 11.8 Å². The van der Waals surface area contributed by atoms with E-state index in [0.717, 1.165) is 19.3 Å². The maximum Gasteiger partial charge on any atom is 0.442 e. The van der Waals surface area contributed by atoms with E-state index in [2.05, 4.69) is 16.8 Å². The largest absolute Gasteiger partial charge is 0.494 e. The van der Waals surface area contributed by atoms with E-state index in [-0.39, 0.29) is 5.56 Å². The van der Waals surface area contributed by atoms with Gasteiger partial charge in [0.15, 0.2) is 0 Å². The average molecular weight is 354 g/mol. The number of alkyl halides is 3. The highest BCUT2D eigenvalue weighted by atomic mass is 19.4. The Morgan fingerprint density at radius 1 is 0.920 bits per heavy atom. The van der Waals surface area contributed by atoms with Gasteiger partial charge < -0.3 is 4.74 Å². The summed E-state index contributed by atoms with van der Waals surface area (Å²) in [5, 5.41) is 6.37. The number of hydrogen-bond donors (Lipinski definition) is 0. The summed E-state index contributed by atoms with van der Waals surface area (Å²) in [6, 6.07) is 5.86. The van der Waals surface area contributed by atoms with Crippen LogP contribution in [0.1, 0.15) is 56.9 Å². The Kier molecular flexibility index (Phi) is 7.02. The van der Waals surface area contributed by atoms with Crippen LogP contribution in [0.3, 0.4) is 0 Å². The molecule has 25 heavy (non-hydrogen) atoms. The van der Waals surface area contributed by atoms with Crippen molar-refractivity contribution in [1.29, 1.82) is 0 Å². The molecule has 1 aliphatic heterocycles. The molecule has 0 amide bonds. The summed E-state index contributed by atoms with van der Waals surface area (Å²) in [5.74, 6) is 0.575. The lowest BCUT2D eigenvalue weighted by atomic mass is 10.0. The molecule has 0 bridgehead atoms. The van der Waals surface area contributed by atoms with Crippen LogP contribution in [0.15, 0.2) is 47.1 Å². The minimum Gasteiger partial charge on any atom is -0.494 e. The molecule has 1 aromatic rings. The second-order valence-electron chi connectivity index (χ2n) is 6.30. The summed E-state index contributed by atoms with van der Waals surface area (Å²) in [6.07, 6.45) is 6.78. The van der Waals surface area contributed by atoms with Gasteiger partial charge in [-0.1, -0.05) is 50.3 Å². The number of ether oxygens (including phenoxy) is 1. The van der Waals surface area contributed by atoms with E-state index in [1.807, 2.05) is 6.08 Å². The highest BCUT2D eigenvalue weighted by molar-refractivity contribution is 5.35. The highest BCUT2D eigenvalue weighted by Gasteiger charge is 2.65. The van der Waals surface area contributed by atoms with Gasteiger partial charge in [-0.2, -0.15) is 13.2 Å². The molecule has 1 aromatic carbocycles. The van der Waals surface area contributed by atoms with Crippen molar-refractivity contribution in [2.45, 2.75) is 63.2 Å². The predicted octanol–water partition coefficient (Wildman–Crippen LogP) is 6.55. The number of benzene rings is 1. The molecule has 0 aromatic heterocycles. The number of halogens is 3. The average Bonchev–Trinajstić information content (AvgIpc) is 3.39. The lowest BCUT2D eigenvalue weighted by molar-refractivity contribution is -0.166. The number of nitrogens with zero attached hydrogens (tertiary/aromatic N) is 2. The number of rotatable bonds is 12. The van der Waals surface area contributed by atoms with Crippen molar-refractivity contribution in [1.82, 2.24) is 0 Å². The molecule has 0 aliphatic carbocycles. The molecule has 138 valence electrons. The van der Waals surface area contributed by atoms with Crippen molar-refractivity contribution >= 4 is 0 Å². The maximum atomic E-state index is 12.9. The van der Waals surface area contributed by atoms with E-state index in [1.54, 1.807) is 12.1 Å². The smallest absolute Gasteiger partial charge is 0.442 e. The van der Waals surface area contributed by atoms with Crippen molar-refractivity contribution in [3.8, 4) is 5.75 Å². The van der Waals surface area contributed by atoms with Gasteiger partial charge in [-0.05, 0) is 31.4 Å². The minimum absolute atomic E-state index is 0.0313. The molecule has 1 aliphatic rings. The summed E-state index contributed by atoms with van der Waals surface area (Å²) in [5.41, 5.74) is -2.32. The lowest BCUT2D eigenvalue weighted by Gasteiger charge is -2.15. The molecular weight excluding hydrogens is 329 g/mol. The third-order valence-electron chi connectivity index (χ3n) is 4.27. The second kappa shape index (κ2) is 9.02. The molecule has 0 fully saturated rings. The zero-order chi connectivity index (χ0) is 18.2. The van der Waals surface area contributed by atoms with Crippen molar-refractivity contribution in [2.75, 3.05) is 6.61 Å². The van der Waals surface area contributed by atoms with Crippen LogP contribution in [-0.4, -0.2) is 12.8 Å². The molecule has 0 saturated carbocycles. The maximum absolute atomic E-state index is 12.9. The molecule has 0 radical (unpaired) electrons. The second-order valence-corrected chi connectivity index (χ2v) is 6.30. The third-order valence-corrected chi connectivity index (χ3v) is 4.27. The summed E-state index contributed by atoms with van der Waals surface area (Å²) >= 11 is 0. The molecular formula is C19H25F3N2O. The Labute approximate surface area is 147 Å². The summed E-state index contributed by atoms with van der Waals surface area (Å²) in [7, 11) is 0. The quantitative estimate of drug-likeness (QED) is 0.309. The predicted molar refractivity (Wildman–Crippen MR) is 91.7 cm³/mol. The van der Waals surface area contributed by atoms with E-state index >= 15 is 0 Å². The first kappa shape index (κ1) is 19.5. The van der Waals surface area contributed by atoms with Gasteiger partial charge in [0.2, 0.25) is 0 Å². The fourth-order valence-electron chi connectivity index (χ4n) is 2.69. The highest BCUT2D eigenvalue weighted by Crippen LogP contribution is 2.52. The molecule has 0 saturated heterocycles. The van der Waals surface area contributed by atoms with E-state index in [9.17, 15) is 13.2 Å². The van der Waals surface area contributed by atoms with Crippen LogP contribution >= 0.6 is 0 Å². The molecule has 1 heterocycles. The number of hydrogen-bond acceptors (Lipinski definition) is 3. The first-order valence-electron chi connectivity index (χ1n) is 8.84. The Morgan fingerprint density at radius 3 is 2.00 bits per heavy atom. The van der Waals surface area contributed by atoms with Crippen molar-refractivity contribution in [3.63, 3.8) is 0 Å². The van der Waals surface area contributed by atoms with Crippen LogP contribution in [-0.2, 0) is 5.66 Å². The van der Waals surface area contributed by atoms with Gasteiger partial charge in [-0.15, -0.1) is 16.8 Å². The Morgan fingerprint density at radius 2 is 1.48 bits per heavy atom. The molecule has 0 spiro atoms. The summed E-state index contributed by atoms with van der Waals surface area (Å²) in [6.45, 7) is 4.29. The number of allylic oxidation sites excluding steroid dienone is 1. The van der Waals surface area contributed by atoms with Crippen LogP contribution in [0.2, 0.25) is 0 Å². The number of unbranched alkanes of at least 4 members (excludes halogenated alkanes) is 7. The van der Waals surface area contributed by atoms with Gasteiger partial charge in [0.05, 0.1) is 6.61 Å². The van der Waals surface area contributed by atoms with Crippen LogP contribution in [0.4, 0.5) is 13.2 Å².